The first-order valence-electron chi connectivity index (χ1n) is 6.08. The smallest absolute Gasteiger partial charge is 0.308 e. The van der Waals surface area contributed by atoms with E-state index in [2.05, 4.69) is 0 Å². The Kier molecular flexibility index (Phi) is 3.36. The molecule has 0 spiro atoms. The molecule has 4 nitrogen and oxygen atoms in total. The van der Waals surface area contributed by atoms with E-state index in [4.69, 9.17) is 5.11 Å². The van der Waals surface area contributed by atoms with Crippen molar-refractivity contribution < 1.29 is 14.7 Å². The summed E-state index contributed by atoms with van der Waals surface area (Å²) in [4.78, 5) is 24.9. The van der Waals surface area contributed by atoms with Gasteiger partial charge >= 0.3 is 5.97 Å². The Morgan fingerprint density at radius 1 is 1.33 bits per heavy atom. The van der Waals surface area contributed by atoms with E-state index in [1.54, 1.807) is 11.0 Å². The van der Waals surface area contributed by atoms with Gasteiger partial charge in [0.2, 0.25) is 0 Å². The summed E-state index contributed by atoms with van der Waals surface area (Å²) >= 11 is 0. The van der Waals surface area contributed by atoms with Crippen LogP contribution in [-0.4, -0.2) is 35.0 Å². The molecule has 2 rings (SSSR count). The van der Waals surface area contributed by atoms with E-state index in [-0.39, 0.29) is 11.8 Å². The van der Waals surface area contributed by atoms with Crippen LogP contribution in [0, 0.1) is 18.8 Å². The summed E-state index contributed by atoms with van der Waals surface area (Å²) in [6.45, 7) is 4.64. The summed E-state index contributed by atoms with van der Waals surface area (Å²) in [5.41, 5.74) is 1.66. The van der Waals surface area contributed by atoms with E-state index in [9.17, 15) is 9.59 Å². The Bertz CT molecular complexity index is 484. The zero-order valence-electron chi connectivity index (χ0n) is 10.6. The number of benzene rings is 1. The van der Waals surface area contributed by atoms with Crippen molar-refractivity contribution in [2.24, 2.45) is 11.8 Å². The highest BCUT2D eigenvalue weighted by Gasteiger charge is 2.37. The second-order valence-corrected chi connectivity index (χ2v) is 5.00. The molecule has 0 aliphatic carbocycles. The van der Waals surface area contributed by atoms with Crippen LogP contribution in [0.5, 0.6) is 0 Å². The van der Waals surface area contributed by atoms with Gasteiger partial charge in [0, 0.05) is 18.7 Å². The van der Waals surface area contributed by atoms with Crippen molar-refractivity contribution in [2.45, 2.75) is 13.8 Å². The van der Waals surface area contributed by atoms with Gasteiger partial charge < -0.3 is 10.0 Å². The van der Waals surface area contributed by atoms with Crippen LogP contribution in [0.15, 0.2) is 24.3 Å². The van der Waals surface area contributed by atoms with Crippen LogP contribution in [0.1, 0.15) is 22.8 Å². The molecule has 1 aromatic carbocycles. The predicted molar refractivity (Wildman–Crippen MR) is 67.4 cm³/mol. The third kappa shape index (κ3) is 2.37. The number of rotatable bonds is 2. The molecule has 0 radical (unpaired) electrons. The van der Waals surface area contributed by atoms with Crippen LogP contribution in [0.3, 0.4) is 0 Å². The quantitative estimate of drug-likeness (QED) is 0.866. The van der Waals surface area contributed by atoms with Crippen LogP contribution in [0.4, 0.5) is 0 Å². The fourth-order valence-electron chi connectivity index (χ4n) is 2.41. The number of carbonyl (C=O) groups is 2. The van der Waals surface area contributed by atoms with E-state index < -0.39 is 11.9 Å². The third-order valence-electron chi connectivity index (χ3n) is 3.48. The van der Waals surface area contributed by atoms with Gasteiger partial charge in [0.15, 0.2) is 0 Å². The molecule has 96 valence electrons. The number of hydrogen-bond donors (Lipinski definition) is 1. The first-order chi connectivity index (χ1) is 8.49. The average molecular weight is 247 g/mol. The maximum absolute atomic E-state index is 12.2. The number of carboxylic acid groups (broad SMARTS) is 1. The van der Waals surface area contributed by atoms with Gasteiger partial charge in [-0.15, -0.1) is 0 Å². The summed E-state index contributed by atoms with van der Waals surface area (Å²) in [5, 5.41) is 9.06. The molecule has 1 aromatic rings. The molecule has 0 unspecified atom stereocenters. The lowest BCUT2D eigenvalue weighted by Crippen LogP contribution is -2.29. The summed E-state index contributed by atoms with van der Waals surface area (Å²) in [7, 11) is 0. The van der Waals surface area contributed by atoms with Gasteiger partial charge in [-0.3, -0.25) is 9.59 Å². The lowest BCUT2D eigenvalue weighted by Gasteiger charge is -2.16. The maximum Gasteiger partial charge on any atom is 0.308 e. The number of nitrogens with zero attached hydrogens (tertiary/aromatic N) is 1. The van der Waals surface area contributed by atoms with Crippen molar-refractivity contribution in [1.82, 2.24) is 4.90 Å². The molecular weight excluding hydrogens is 230 g/mol. The van der Waals surface area contributed by atoms with Crippen LogP contribution in [0.25, 0.3) is 0 Å². The molecule has 1 aliphatic heterocycles. The minimum atomic E-state index is -0.818. The van der Waals surface area contributed by atoms with Gasteiger partial charge in [0.25, 0.3) is 5.91 Å². The van der Waals surface area contributed by atoms with Crippen molar-refractivity contribution in [3.63, 3.8) is 0 Å². The highest BCUT2D eigenvalue weighted by atomic mass is 16.4. The van der Waals surface area contributed by atoms with Gasteiger partial charge in [-0.2, -0.15) is 0 Å². The maximum atomic E-state index is 12.2. The Balaban J connectivity index is 2.14. The second-order valence-electron chi connectivity index (χ2n) is 5.00. The van der Waals surface area contributed by atoms with E-state index in [1.165, 1.54) is 0 Å². The molecule has 0 saturated carbocycles. The van der Waals surface area contributed by atoms with Crippen molar-refractivity contribution in [1.29, 1.82) is 0 Å². The second kappa shape index (κ2) is 4.80. The average Bonchev–Trinajstić information content (AvgIpc) is 2.70. The fraction of sp³-hybridized carbons (Fsp3) is 0.429. The number of likely N-dealkylation sites (tertiary alicyclic amines) is 1. The van der Waals surface area contributed by atoms with Gasteiger partial charge in [-0.05, 0) is 25.0 Å². The Morgan fingerprint density at radius 3 is 2.61 bits per heavy atom. The molecule has 0 bridgehead atoms. The molecule has 2 atom stereocenters. The van der Waals surface area contributed by atoms with E-state index in [0.29, 0.717) is 18.7 Å². The molecule has 1 aliphatic rings. The van der Waals surface area contributed by atoms with Crippen molar-refractivity contribution in [3.8, 4) is 0 Å². The van der Waals surface area contributed by atoms with Crippen molar-refractivity contribution in [3.05, 3.63) is 35.4 Å². The molecular formula is C14H17NO3. The van der Waals surface area contributed by atoms with Crippen molar-refractivity contribution in [2.75, 3.05) is 13.1 Å². The SMILES string of the molecule is Cc1cccc(C(=O)N2C[C@@H](C)[C@H](C(=O)O)C2)c1. The number of aliphatic carboxylic acids is 1. The van der Waals surface area contributed by atoms with Crippen molar-refractivity contribution >= 4 is 11.9 Å². The van der Waals surface area contributed by atoms with E-state index in [1.807, 2.05) is 32.0 Å². The van der Waals surface area contributed by atoms with Gasteiger partial charge in [-0.1, -0.05) is 24.6 Å². The Morgan fingerprint density at radius 2 is 2.06 bits per heavy atom. The zero-order valence-corrected chi connectivity index (χ0v) is 10.6. The van der Waals surface area contributed by atoms with Crippen LogP contribution < -0.4 is 0 Å². The lowest BCUT2D eigenvalue weighted by molar-refractivity contribution is -0.142. The number of carboxylic acids is 1. The predicted octanol–water partition coefficient (Wildman–Crippen LogP) is 1.79. The third-order valence-corrected chi connectivity index (χ3v) is 3.48. The fourth-order valence-corrected chi connectivity index (χ4v) is 2.41. The van der Waals surface area contributed by atoms with E-state index in [0.717, 1.165) is 5.56 Å². The molecule has 18 heavy (non-hydrogen) atoms. The monoisotopic (exact) mass is 247 g/mol. The van der Waals surface area contributed by atoms with Crippen LogP contribution >= 0.6 is 0 Å². The lowest BCUT2D eigenvalue weighted by atomic mass is 9.99. The first-order valence-corrected chi connectivity index (χ1v) is 6.08. The summed E-state index contributed by atoms with van der Waals surface area (Å²) < 4.78 is 0. The standard InChI is InChI=1S/C14H17NO3/c1-9-4-3-5-11(6-9)13(16)15-7-10(2)12(8-15)14(17)18/h3-6,10,12H,7-8H2,1-2H3,(H,17,18)/t10-,12-/m1/s1. The molecule has 1 saturated heterocycles. The summed E-state index contributed by atoms with van der Waals surface area (Å²) in [6.07, 6.45) is 0. The van der Waals surface area contributed by atoms with Gasteiger partial charge in [0.1, 0.15) is 0 Å². The number of hydrogen-bond acceptors (Lipinski definition) is 2. The topological polar surface area (TPSA) is 57.6 Å². The number of carbonyl (C=O) groups excluding carboxylic acids is 1. The summed E-state index contributed by atoms with van der Waals surface area (Å²) in [5.74, 6) is -1.33. The number of amides is 1. The van der Waals surface area contributed by atoms with Gasteiger partial charge in [0.05, 0.1) is 5.92 Å². The molecule has 1 fully saturated rings. The van der Waals surface area contributed by atoms with E-state index >= 15 is 0 Å². The summed E-state index contributed by atoms with van der Waals surface area (Å²) in [6, 6.07) is 7.38. The normalized spacial score (nSPS) is 23.1. The Hall–Kier alpha value is -1.84. The highest BCUT2D eigenvalue weighted by molar-refractivity contribution is 5.95. The number of aryl methyl sites for hydroxylation is 1. The highest BCUT2D eigenvalue weighted by Crippen LogP contribution is 2.24. The molecule has 1 heterocycles. The minimum Gasteiger partial charge on any atom is -0.481 e. The largest absolute Gasteiger partial charge is 0.481 e. The first kappa shape index (κ1) is 12.6. The van der Waals surface area contributed by atoms with Gasteiger partial charge in [-0.25, -0.2) is 0 Å². The Labute approximate surface area is 106 Å². The van der Waals surface area contributed by atoms with Crippen LogP contribution in [-0.2, 0) is 4.79 Å². The molecule has 1 N–H and O–H groups in total. The molecule has 0 aromatic heterocycles. The molecule has 4 heteroatoms. The van der Waals surface area contributed by atoms with Crippen LogP contribution in [0.2, 0.25) is 0 Å². The minimum absolute atomic E-state index is 0.0104. The molecule has 1 amide bonds. The zero-order chi connectivity index (χ0) is 13.3.